The summed E-state index contributed by atoms with van der Waals surface area (Å²) in [7, 11) is 1.40. The van der Waals surface area contributed by atoms with Crippen molar-refractivity contribution >= 4 is 17.5 Å². The van der Waals surface area contributed by atoms with Crippen molar-refractivity contribution in [2.24, 2.45) is 0 Å². The second-order valence-electron chi connectivity index (χ2n) is 2.52. The second-order valence-corrected chi connectivity index (χ2v) is 2.52. The van der Waals surface area contributed by atoms with E-state index in [9.17, 15) is 4.79 Å². The lowest BCUT2D eigenvalue weighted by Crippen LogP contribution is -2.24. The average Bonchev–Trinajstić information content (AvgIpc) is 2.17. The maximum absolute atomic E-state index is 10.4. The molecule has 1 amide bonds. The van der Waals surface area contributed by atoms with Gasteiger partial charge in [-0.25, -0.2) is 4.79 Å². The van der Waals surface area contributed by atoms with Gasteiger partial charge in [-0.2, -0.15) is 5.06 Å². The van der Waals surface area contributed by atoms with Crippen LogP contribution in [0.3, 0.4) is 0 Å². The third kappa shape index (κ3) is 1.86. The molecule has 0 aliphatic rings. The van der Waals surface area contributed by atoms with Gasteiger partial charge in [0.25, 0.3) is 0 Å². The smallest absolute Gasteiger partial charge is 0.436 e. The van der Waals surface area contributed by atoms with Crippen molar-refractivity contribution in [3.05, 3.63) is 18.2 Å². The first-order valence-corrected chi connectivity index (χ1v) is 3.71. The summed E-state index contributed by atoms with van der Waals surface area (Å²) < 4.78 is 4.86. The second kappa shape index (κ2) is 3.84. The number of anilines is 2. The maximum Gasteiger partial charge on any atom is 0.436 e. The zero-order chi connectivity index (χ0) is 10.7. The number of methoxy groups -OCH3 is 1. The summed E-state index contributed by atoms with van der Waals surface area (Å²) >= 11 is 0. The molecule has 6 heteroatoms. The van der Waals surface area contributed by atoms with Crippen molar-refractivity contribution in [3.8, 4) is 5.75 Å². The molecule has 14 heavy (non-hydrogen) atoms. The summed E-state index contributed by atoms with van der Waals surface area (Å²) in [6, 6.07) is 4.13. The summed E-state index contributed by atoms with van der Waals surface area (Å²) in [5.74, 6) is 0.308. The minimum Gasteiger partial charge on any atom is -0.495 e. The Hall–Kier alpha value is -1.95. The molecule has 1 rings (SSSR count). The highest BCUT2D eigenvalue weighted by Crippen LogP contribution is 2.26. The summed E-state index contributed by atoms with van der Waals surface area (Å²) in [6.07, 6.45) is -1.48. The molecule has 4 N–H and O–H groups in total. The van der Waals surface area contributed by atoms with Crippen molar-refractivity contribution in [3.63, 3.8) is 0 Å². The molecule has 0 radical (unpaired) electrons. The van der Waals surface area contributed by atoms with Crippen LogP contribution in [0.5, 0.6) is 5.75 Å². The highest BCUT2D eigenvalue weighted by molar-refractivity contribution is 5.84. The van der Waals surface area contributed by atoms with E-state index in [0.29, 0.717) is 11.4 Å². The lowest BCUT2D eigenvalue weighted by atomic mass is 10.2. The molecular weight excluding hydrogens is 188 g/mol. The lowest BCUT2D eigenvalue weighted by molar-refractivity contribution is 0.160. The molecule has 0 saturated carbocycles. The Bertz CT molecular complexity index is 353. The number of nitrogens with zero attached hydrogens (tertiary/aromatic N) is 1. The van der Waals surface area contributed by atoms with Crippen LogP contribution in [0.15, 0.2) is 18.2 Å². The lowest BCUT2D eigenvalue weighted by Gasteiger charge is -2.12. The van der Waals surface area contributed by atoms with Gasteiger partial charge >= 0.3 is 6.09 Å². The van der Waals surface area contributed by atoms with Gasteiger partial charge in [0.2, 0.25) is 0 Å². The molecule has 0 saturated heterocycles. The van der Waals surface area contributed by atoms with Gasteiger partial charge in [-0.1, -0.05) is 0 Å². The Labute approximate surface area is 80.1 Å². The standard InChI is InChI=1S/C8H10N2O4/c1-14-7-4-5(2-3-6(7)9)10(13)8(11)12/h2-4,13H,9H2,1H3,(H,11,12). The van der Waals surface area contributed by atoms with Crippen LogP contribution in [-0.2, 0) is 0 Å². The van der Waals surface area contributed by atoms with Crippen molar-refractivity contribution in [2.75, 3.05) is 17.9 Å². The van der Waals surface area contributed by atoms with Gasteiger partial charge in [0.1, 0.15) is 5.75 Å². The molecule has 0 bridgehead atoms. The fourth-order valence-corrected chi connectivity index (χ4v) is 0.942. The van der Waals surface area contributed by atoms with E-state index >= 15 is 0 Å². The first-order valence-electron chi connectivity index (χ1n) is 3.71. The first-order chi connectivity index (χ1) is 6.56. The van der Waals surface area contributed by atoms with Crippen LogP contribution in [0.25, 0.3) is 0 Å². The molecular formula is C8H10N2O4. The van der Waals surface area contributed by atoms with Crippen LogP contribution in [0.2, 0.25) is 0 Å². The predicted molar refractivity (Wildman–Crippen MR) is 49.7 cm³/mol. The Kier molecular flexibility index (Phi) is 2.78. The van der Waals surface area contributed by atoms with E-state index in [0.717, 1.165) is 0 Å². The number of benzene rings is 1. The fourth-order valence-electron chi connectivity index (χ4n) is 0.942. The number of hydrogen-bond acceptors (Lipinski definition) is 4. The molecule has 0 aliphatic carbocycles. The topological polar surface area (TPSA) is 96.0 Å². The summed E-state index contributed by atoms with van der Waals surface area (Å²) in [5.41, 5.74) is 5.95. The van der Waals surface area contributed by atoms with Crippen molar-refractivity contribution in [1.29, 1.82) is 0 Å². The molecule has 76 valence electrons. The van der Waals surface area contributed by atoms with Gasteiger partial charge in [-0.3, -0.25) is 5.21 Å². The SMILES string of the molecule is COc1cc(N(O)C(=O)O)ccc1N. The Balaban J connectivity index is 3.06. The van der Waals surface area contributed by atoms with Crippen LogP contribution in [-0.4, -0.2) is 23.5 Å². The average molecular weight is 198 g/mol. The molecule has 1 aromatic carbocycles. The third-order valence-electron chi connectivity index (χ3n) is 1.64. The number of ether oxygens (including phenoxy) is 1. The quantitative estimate of drug-likeness (QED) is 0.376. The highest BCUT2D eigenvalue weighted by Gasteiger charge is 2.12. The number of carboxylic acid groups (broad SMARTS) is 1. The van der Waals surface area contributed by atoms with E-state index in [-0.39, 0.29) is 10.8 Å². The van der Waals surface area contributed by atoms with Crippen LogP contribution >= 0.6 is 0 Å². The molecule has 0 spiro atoms. The van der Waals surface area contributed by atoms with Crippen molar-refractivity contribution in [2.45, 2.75) is 0 Å². The minimum atomic E-state index is -1.48. The monoisotopic (exact) mass is 198 g/mol. The fraction of sp³-hybridized carbons (Fsp3) is 0.125. The molecule has 0 heterocycles. The van der Waals surface area contributed by atoms with E-state index in [2.05, 4.69) is 0 Å². The van der Waals surface area contributed by atoms with Crippen LogP contribution in [0, 0.1) is 0 Å². The number of hydroxylamine groups is 1. The molecule has 1 aromatic rings. The molecule has 6 nitrogen and oxygen atoms in total. The number of nitrogens with two attached hydrogens (primary N) is 1. The van der Waals surface area contributed by atoms with E-state index in [1.54, 1.807) is 0 Å². The normalized spacial score (nSPS) is 9.57. The predicted octanol–water partition coefficient (Wildman–Crippen LogP) is 1.15. The van der Waals surface area contributed by atoms with E-state index in [1.165, 1.54) is 25.3 Å². The Morgan fingerprint density at radius 3 is 2.71 bits per heavy atom. The van der Waals surface area contributed by atoms with E-state index in [4.69, 9.17) is 20.8 Å². The molecule has 0 fully saturated rings. The Morgan fingerprint density at radius 1 is 1.57 bits per heavy atom. The maximum atomic E-state index is 10.4. The van der Waals surface area contributed by atoms with Crippen molar-refractivity contribution < 1.29 is 19.8 Å². The molecule has 0 aromatic heterocycles. The van der Waals surface area contributed by atoms with Gasteiger partial charge in [0.15, 0.2) is 0 Å². The summed E-state index contributed by atoms with van der Waals surface area (Å²) in [5, 5.41) is 17.6. The van der Waals surface area contributed by atoms with Crippen LogP contribution in [0.1, 0.15) is 0 Å². The van der Waals surface area contributed by atoms with Gasteiger partial charge in [-0.15, -0.1) is 0 Å². The minimum absolute atomic E-state index is 0.0727. The molecule has 0 aliphatic heterocycles. The summed E-state index contributed by atoms with van der Waals surface area (Å²) in [4.78, 5) is 10.4. The zero-order valence-electron chi connectivity index (χ0n) is 7.47. The van der Waals surface area contributed by atoms with Crippen molar-refractivity contribution in [1.82, 2.24) is 0 Å². The van der Waals surface area contributed by atoms with Gasteiger partial charge in [0.05, 0.1) is 18.5 Å². The van der Waals surface area contributed by atoms with E-state index in [1.807, 2.05) is 0 Å². The third-order valence-corrected chi connectivity index (χ3v) is 1.64. The van der Waals surface area contributed by atoms with E-state index < -0.39 is 6.09 Å². The van der Waals surface area contributed by atoms with Gasteiger partial charge in [-0.05, 0) is 12.1 Å². The molecule has 0 unspecified atom stereocenters. The Morgan fingerprint density at radius 2 is 2.21 bits per heavy atom. The van der Waals surface area contributed by atoms with Crippen LogP contribution < -0.4 is 15.5 Å². The number of hydrogen-bond donors (Lipinski definition) is 3. The largest absolute Gasteiger partial charge is 0.495 e. The first kappa shape index (κ1) is 10.1. The zero-order valence-corrected chi connectivity index (χ0v) is 7.47. The molecule has 0 atom stereocenters. The van der Waals surface area contributed by atoms with Gasteiger partial charge < -0.3 is 15.6 Å². The number of nitrogen functional groups attached to an aromatic ring is 1. The highest BCUT2D eigenvalue weighted by atomic mass is 16.6. The summed E-state index contributed by atoms with van der Waals surface area (Å²) in [6.45, 7) is 0. The van der Waals surface area contributed by atoms with Crippen LogP contribution in [0.4, 0.5) is 16.2 Å². The van der Waals surface area contributed by atoms with Gasteiger partial charge in [0, 0.05) is 6.07 Å². The number of amides is 1. The number of rotatable bonds is 2. The number of carbonyl (C=O) groups is 1.